The highest BCUT2D eigenvalue weighted by Crippen LogP contribution is 2.34. The summed E-state index contributed by atoms with van der Waals surface area (Å²) < 4.78 is 41.1. The molecule has 1 aliphatic rings. The highest BCUT2D eigenvalue weighted by atomic mass is 32.2. The van der Waals surface area contributed by atoms with Crippen LogP contribution < -0.4 is 0 Å². The third-order valence-electron chi connectivity index (χ3n) is 4.62. The van der Waals surface area contributed by atoms with E-state index in [4.69, 9.17) is 0 Å². The molecule has 1 fully saturated rings. The van der Waals surface area contributed by atoms with E-state index in [1.54, 1.807) is 24.3 Å². The molecule has 0 atom stereocenters. The summed E-state index contributed by atoms with van der Waals surface area (Å²) in [6.07, 6.45) is 2.48. The van der Waals surface area contributed by atoms with Crippen molar-refractivity contribution in [1.29, 1.82) is 0 Å². The minimum absolute atomic E-state index is 0.130. The van der Waals surface area contributed by atoms with Crippen LogP contribution in [0.25, 0.3) is 10.9 Å². The van der Waals surface area contributed by atoms with Crippen molar-refractivity contribution in [3.05, 3.63) is 60.0 Å². The maximum absolute atomic E-state index is 14.3. The van der Waals surface area contributed by atoms with Crippen molar-refractivity contribution in [3.8, 4) is 5.75 Å². The molecule has 1 aromatic heterocycles. The van der Waals surface area contributed by atoms with Gasteiger partial charge in [-0.25, -0.2) is 16.8 Å². The Morgan fingerprint density at radius 3 is 2.48 bits per heavy atom. The lowest BCUT2D eigenvalue weighted by molar-refractivity contribution is 0.171. The molecule has 0 radical (unpaired) electrons. The fraction of sp³-hybridized carbons (Fsp3) is 0.222. The summed E-state index contributed by atoms with van der Waals surface area (Å²) in [5.74, 6) is -1.22. The quantitative estimate of drug-likeness (QED) is 0.777. The van der Waals surface area contributed by atoms with E-state index in [1.807, 2.05) is 0 Å². The summed E-state index contributed by atoms with van der Waals surface area (Å²) in [5.41, 5.74) is 0.659. The molecular weight excluding hydrogens is 343 g/mol. The molecule has 5 nitrogen and oxygen atoms in total. The number of aromatic hydroxyl groups is 1. The zero-order valence-electron chi connectivity index (χ0n) is 13.4. The molecular formula is C18H17FN2O3S. The average molecular weight is 360 g/mol. The van der Waals surface area contributed by atoms with Gasteiger partial charge in [0.15, 0.2) is 11.6 Å². The Labute approximate surface area is 145 Å². The number of fused-ring (bicyclic) bond motifs is 1. The number of rotatable bonds is 4. The van der Waals surface area contributed by atoms with Gasteiger partial charge in [0.05, 0.1) is 10.4 Å². The van der Waals surface area contributed by atoms with Crippen molar-refractivity contribution in [2.45, 2.75) is 17.9 Å². The van der Waals surface area contributed by atoms with Gasteiger partial charge >= 0.3 is 0 Å². The second-order valence-electron chi connectivity index (χ2n) is 6.18. The number of nitrogens with zero attached hydrogens (tertiary/aromatic N) is 2. The van der Waals surface area contributed by atoms with Gasteiger partial charge in [-0.05, 0) is 37.7 Å². The standard InChI is InChI=1S/C18H17FN2O3S/c19-16-11-17-14(15(18(16)22)12-20-8-4-9-20)7-10-21(17)25(23,24)13-5-2-1-3-6-13/h1-3,5-7,10-11,22H,4,8-9,12H2. The Morgan fingerprint density at radius 1 is 1.12 bits per heavy atom. The minimum atomic E-state index is -3.83. The van der Waals surface area contributed by atoms with E-state index in [2.05, 4.69) is 4.90 Å². The topological polar surface area (TPSA) is 62.5 Å². The van der Waals surface area contributed by atoms with E-state index in [1.165, 1.54) is 18.3 Å². The number of aromatic nitrogens is 1. The summed E-state index contributed by atoms with van der Waals surface area (Å²) in [6.45, 7) is 2.18. The van der Waals surface area contributed by atoms with Crippen LogP contribution in [0.5, 0.6) is 5.75 Å². The Bertz CT molecular complexity index is 1040. The highest BCUT2D eigenvalue weighted by Gasteiger charge is 2.24. The minimum Gasteiger partial charge on any atom is -0.505 e. The number of hydrogen-bond donors (Lipinski definition) is 1. The molecule has 0 aliphatic carbocycles. The molecule has 7 heteroatoms. The van der Waals surface area contributed by atoms with Crippen LogP contribution in [-0.2, 0) is 16.6 Å². The number of likely N-dealkylation sites (tertiary alicyclic amines) is 1. The largest absolute Gasteiger partial charge is 0.505 e. The zero-order chi connectivity index (χ0) is 17.6. The van der Waals surface area contributed by atoms with E-state index >= 15 is 0 Å². The second kappa shape index (κ2) is 5.86. The van der Waals surface area contributed by atoms with Crippen LogP contribution in [0.1, 0.15) is 12.0 Å². The van der Waals surface area contributed by atoms with Crippen molar-refractivity contribution in [1.82, 2.24) is 8.87 Å². The molecule has 0 amide bonds. The third-order valence-corrected chi connectivity index (χ3v) is 6.33. The molecule has 130 valence electrons. The first-order valence-corrected chi connectivity index (χ1v) is 9.47. The number of benzene rings is 2. The molecule has 0 saturated carbocycles. The fourth-order valence-corrected chi connectivity index (χ4v) is 4.48. The predicted molar refractivity (Wildman–Crippen MR) is 92.5 cm³/mol. The lowest BCUT2D eigenvalue weighted by atomic mass is 10.1. The second-order valence-corrected chi connectivity index (χ2v) is 7.99. The normalized spacial score (nSPS) is 15.4. The predicted octanol–water partition coefficient (Wildman–Crippen LogP) is 2.93. The van der Waals surface area contributed by atoms with Crippen LogP contribution in [0.2, 0.25) is 0 Å². The number of phenolic OH excluding ortho intramolecular Hbond substituents is 1. The first-order valence-electron chi connectivity index (χ1n) is 8.03. The zero-order valence-corrected chi connectivity index (χ0v) is 14.2. The maximum Gasteiger partial charge on any atom is 0.268 e. The molecule has 25 heavy (non-hydrogen) atoms. The van der Waals surface area contributed by atoms with Gasteiger partial charge in [-0.2, -0.15) is 0 Å². The molecule has 0 bridgehead atoms. The molecule has 1 aliphatic heterocycles. The van der Waals surface area contributed by atoms with E-state index in [-0.39, 0.29) is 10.4 Å². The summed E-state index contributed by atoms with van der Waals surface area (Å²) in [7, 11) is -3.83. The number of phenols is 1. The fourth-order valence-electron chi connectivity index (χ4n) is 3.12. The lowest BCUT2D eigenvalue weighted by Gasteiger charge is -2.31. The molecule has 3 aromatic rings. The van der Waals surface area contributed by atoms with Gasteiger partial charge in [0, 0.05) is 29.8 Å². The highest BCUT2D eigenvalue weighted by molar-refractivity contribution is 7.90. The first kappa shape index (κ1) is 16.1. The summed E-state index contributed by atoms with van der Waals surface area (Å²) >= 11 is 0. The maximum atomic E-state index is 14.3. The number of halogens is 1. The molecule has 2 heterocycles. The Hall–Kier alpha value is -2.38. The van der Waals surface area contributed by atoms with Gasteiger partial charge in [0.2, 0.25) is 0 Å². The monoisotopic (exact) mass is 360 g/mol. The summed E-state index contributed by atoms with van der Waals surface area (Å²) in [6, 6.07) is 10.7. The van der Waals surface area contributed by atoms with E-state index < -0.39 is 21.6 Å². The van der Waals surface area contributed by atoms with Crippen LogP contribution in [0, 0.1) is 5.82 Å². The van der Waals surface area contributed by atoms with E-state index in [0.717, 1.165) is 29.5 Å². The van der Waals surface area contributed by atoms with Crippen LogP contribution in [0.3, 0.4) is 0 Å². The molecule has 1 saturated heterocycles. The Kier molecular flexibility index (Phi) is 3.77. The van der Waals surface area contributed by atoms with Crippen molar-refractivity contribution >= 4 is 20.9 Å². The third kappa shape index (κ3) is 2.60. The van der Waals surface area contributed by atoms with Crippen molar-refractivity contribution in [3.63, 3.8) is 0 Å². The van der Waals surface area contributed by atoms with Gasteiger partial charge < -0.3 is 5.11 Å². The number of hydrogen-bond acceptors (Lipinski definition) is 4. The SMILES string of the molecule is O=S(=O)(c1ccccc1)n1ccc2c(CN3CCC3)c(O)c(F)cc21. The van der Waals surface area contributed by atoms with Crippen molar-refractivity contribution in [2.24, 2.45) is 0 Å². The smallest absolute Gasteiger partial charge is 0.268 e. The van der Waals surface area contributed by atoms with E-state index in [0.29, 0.717) is 17.5 Å². The van der Waals surface area contributed by atoms with E-state index in [9.17, 15) is 17.9 Å². The van der Waals surface area contributed by atoms with Crippen molar-refractivity contribution < 1.29 is 17.9 Å². The summed E-state index contributed by atoms with van der Waals surface area (Å²) in [5, 5.41) is 10.7. The Morgan fingerprint density at radius 2 is 1.84 bits per heavy atom. The average Bonchev–Trinajstić information content (AvgIpc) is 2.98. The van der Waals surface area contributed by atoms with Gasteiger partial charge in [0.25, 0.3) is 10.0 Å². The molecule has 2 aromatic carbocycles. The van der Waals surface area contributed by atoms with Crippen LogP contribution in [-0.4, -0.2) is 35.5 Å². The van der Waals surface area contributed by atoms with Crippen LogP contribution >= 0.6 is 0 Å². The van der Waals surface area contributed by atoms with Gasteiger partial charge in [0.1, 0.15) is 0 Å². The van der Waals surface area contributed by atoms with Crippen LogP contribution in [0.15, 0.2) is 53.6 Å². The van der Waals surface area contributed by atoms with Crippen molar-refractivity contribution in [2.75, 3.05) is 13.1 Å². The molecule has 1 N–H and O–H groups in total. The lowest BCUT2D eigenvalue weighted by Crippen LogP contribution is -2.36. The molecule has 4 rings (SSSR count). The molecule has 0 unspecified atom stereocenters. The van der Waals surface area contributed by atoms with Gasteiger partial charge in [-0.3, -0.25) is 4.90 Å². The van der Waals surface area contributed by atoms with Gasteiger partial charge in [-0.1, -0.05) is 18.2 Å². The Balaban J connectivity index is 1.90. The van der Waals surface area contributed by atoms with Crippen LogP contribution in [0.4, 0.5) is 4.39 Å². The first-order chi connectivity index (χ1) is 12.0. The summed E-state index contributed by atoms with van der Waals surface area (Å²) in [4.78, 5) is 2.21. The molecule has 0 spiro atoms. The van der Waals surface area contributed by atoms with Gasteiger partial charge in [-0.15, -0.1) is 0 Å².